The first-order valence-corrected chi connectivity index (χ1v) is 15.3. The third-order valence-corrected chi connectivity index (χ3v) is 8.74. The molecule has 6 N–H and O–H groups in total. The number of hydrogen-bond donors (Lipinski definition) is 6. The normalized spacial score (nSPS) is 24.4. The minimum absolute atomic E-state index is 0.292. The standard InChI is InChI=1S/C29H34F2N6O8S/c1-15(44-23(13-39)26(41)22(12-38)36-10-20(32-34-36)16-4-2-6-18(30)8-16)46-29-28(43)25(27(42)24(14-40)45-29)37-11-21(33-35-37)17-5-3-7-19(31)9-17/h2-11,15,22-29,38-43H,12-14H2,1H3/t15-,22-,23?,24?,25?,26+,27-,28-,29-/m0/s1. The van der Waals surface area contributed by atoms with Gasteiger partial charge in [-0.2, -0.15) is 0 Å². The van der Waals surface area contributed by atoms with Crippen molar-refractivity contribution in [1.82, 2.24) is 30.0 Å². The molecule has 1 saturated heterocycles. The second-order valence-corrected chi connectivity index (χ2v) is 12.1. The first-order valence-electron chi connectivity index (χ1n) is 14.3. The molecule has 2 aromatic carbocycles. The van der Waals surface area contributed by atoms with Gasteiger partial charge in [-0.25, -0.2) is 18.1 Å². The van der Waals surface area contributed by atoms with Crippen LogP contribution in [0.5, 0.6) is 0 Å². The topological polar surface area (TPSA) is 201 Å². The van der Waals surface area contributed by atoms with E-state index in [1.165, 1.54) is 58.2 Å². The van der Waals surface area contributed by atoms with Crippen LogP contribution in [0.1, 0.15) is 19.0 Å². The van der Waals surface area contributed by atoms with Crippen LogP contribution in [0.3, 0.4) is 0 Å². The average molecular weight is 665 g/mol. The van der Waals surface area contributed by atoms with Gasteiger partial charge in [-0.1, -0.05) is 46.5 Å². The van der Waals surface area contributed by atoms with Crippen molar-refractivity contribution in [2.24, 2.45) is 0 Å². The molecule has 248 valence electrons. The third-order valence-electron chi connectivity index (χ3n) is 7.59. The number of hydrogen-bond acceptors (Lipinski definition) is 13. The van der Waals surface area contributed by atoms with Gasteiger partial charge in [0.1, 0.15) is 76.5 Å². The molecule has 1 fully saturated rings. The van der Waals surface area contributed by atoms with E-state index in [2.05, 4.69) is 20.6 Å². The van der Waals surface area contributed by atoms with Crippen molar-refractivity contribution >= 4 is 11.8 Å². The fourth-order valence-electron chi connectivity index (χ4n) is 5.21. The van der Waals surface area contributed by atoms with Crippen molar-refractivity contribution in [3.05, 3.63) is 72.6 Å². The van der Waals surface area contributed by atoms with Crippen LogP contribution in [0.2, 0.25) is 0 Å². The number of halogens is 2. The Morgan fingerprint density at radius 3 is 2.13 bits per heavy atom. The largest absolute Gasteiger partial charge is 0.394 e. The zero-order chi connectivity index (χ0) is 33.0. The molecule has 1 aliphatic heterocycles. The first kappa shape index (κ1) is 34.0. The Bertz CT molecular complexity index is 1580. The summed E-state index contributed by atoms with van der Waals surface area (Å²) in [6.45, 7) is -0.280. The number of thioether (sulfide) groups is 1. The highest BCUT2D eigenvalue weighted by molar-refractivity contribution is 8.00. The van der Waals surface area contributed by atoms with Crippen LogP contribution in [0.15, 0.2) is 60.9 Å². The predicted molar refractivity (Wildman–Crippen MR) is 159 cm³/mol. The monoisotopic (exact) mass is 664 g/mol. The molecule has 17 heteroatoms. The molecule has 0 bridgehead atoms. The highest BCUT2D eigenvalue weighted by Crippen LogP contribution is 2.37. The van der Waals surface area contributed by atoms with Crippen LogP contribution in [0, 0.1) is 11.6 Å². The number of benzene rings is 2. The van der Waals surface area contributed by atoms with E-state index in [0.29, 0.717) is 22.5 Å². The summed E-state index contributed by atoms with van der Waals surface area (Å²) in [7, 11) is 0. The van der Waals surface area contributed by atoms with Crippen LogP contribution in [-0.2, 0) is 9.47 Å². The van der Waals surface area contributed by atoms with Crippen molar-refractivity contribution in [1.29, 1.82) is 0 Å². The van der Waals surface area contributed by atoms with Crippen molar-refractivity contribution in [2.75, 3.05) is 19.8 Å². The lowest BCUT2D eigenvalue weighted by atomic mass is 9.97. The summed E-state index contributed by atoms with van der Waals surface area (Å²) in [5.41, 5.74) is -0.483. The summed E-state index contributed by atoms with van der Waals surface area (Å²) in [6.07, 6.45) is -3.82. The van der Waals surface area contributed by atoms with E-state index in [9.17, 15) is 39.4 Å². The zero-order valence-electron chi connectivity index (χ0n) is 24.4. The van der Waals surface area contributed by atoms with E-state index >= 15 is 0 Å². The molecule has 14 nitrogen and oxygen atoms in total. The average Bonchev–Trinajstić information content (AvgIpc) is 3.73. The fourth-order valence-corrected chi connectivity index (χ4v) is 6.32. The molecule has 0 aliphatic carbocycles. The molecular formula is C29H34F2N6O8S. The molecule has 0 amide bonds. The lowest BCUT2D eigenvalue weighted by molar-refractivity contribution is -0.179. The van der Waals surface area contributed by atoms with Gasteiger partial charge in [0.15, 0.2) is 0 Å². The summed E-state index contributed by atoms with van der Waals surface area (Å²) in [5.74, 6) is -0.949. The van der Waals surface area contributed by atoms with Gasteiger partial charge in [0.05, 0.1) is 32.2 Å². The Labute approximate surface area is 265 Å². The van der Waals surface area contributed by atoms with Crippen LogP contribution in [0.4, 0.5) is 8.78 Å². The van der Waals surface area contributed by atoms with Crippen LogP contribution in [0.25, 0.3) is 22.5 Å². The van der Waals surface area contributed by atoms with Crippen molar-refractivity contribution < 1.29 is 48.9 Å². The van der Waals surface area contributed by atoms with Gasteiger partial charge in [0.2, 0.25) is 0 Å². The summed E-state index contributed by atoms with van der Waals surface area (Å²) in [6, 6.07) is 9.12. The van der Waals surface area contributed by atoms with E-state index in [4.69, 9.17) is 9.47 Å². The number of aromatic nitrogens is 6. The maximum Gasteiger partial charge on any atom is 0.134 e. The Kier molecular flexibility index (Phi) is 11.1. The van der Waals surface area contributed by atoms with Gasteiger partial charge < -0.3 is 40.1 Å². The summed E-state index contributed by atoms with van der Waals surface area (Å²) in [5, 5.41) is 79.3. The summed E-state index contributed by atoms with van der Waals surface area (Å²) in [4.78, 5) is 0. The number of ether oxygens (including phenoxy) is 2. The number of nitrogens with zero attached hydrogens (tertiary/aromatic N) is 6. The quantitative estimate of drug-likeness (QED) is 0.108. The molecule has 1 aliphatic rings. The summed E-state index contributed by atoms with van der Waals surface area (Å²) < 4.78 is 41.5. The first-order chi connectivity index (χ1) is 22.1. The van der Waals surface area contributed by atoms with Crippen LogP contribution < -0.4 is 0 Å². The molecule has 46 heavy (non-hydrogen) atoms. The lowest BCUT2D eigenvalue weighted by Gasteiger charge is -2.42. The summed E-state index contributed by atoms with van der Waals surface area (Å²) >= 11 is 0.950. The molecule has 9 atom stereocenters. The Morgan fingerprint density at radius 2 is 1.54 bits per heavy atom. The molecule has 5 rings (SSSR count). The molecular weight excluding hydrogens is 630 g/mol. The van der Waals surface area contributed by atoms with Gasteiger partial charge in [-0.3, -0.25) is 0 Å². The van der Waals surface area contributed by atoms with E-state index < -0.39 is 84.9 Å². The number of aliphatic hydroxyl groups excluding tert-OH is 6. The lowest BCUT2D eigenvalue weighted by Crippen LogP contribution is -2.55. The van der Waals surface area contributed by atoms with Crippen molar-refractivity contribution in [3.8, 4) is 22.5 Å². The van der Waals surface area contributed by atoms with Gasteiger partial charge in [0, 0.05) is 11.1 Å². The molecule has 3 heterocycles. The van der Waals surface area contributed by atoms with E-state index in [1.54, 1.807) is 19.1 Å². The molecule has 0 radical (unpaired) electrons. The smallest absolute Gasteiger partial charge is 0.134 e. The van der Waals surface area contributed by atoms with Crippen LogP contribution in [-0.4, -0.2) is 122 Å². The molecule has 3 unspecified atom stereocenters. The number of rotatable bonds is 13. The highest BCUT2D eigenvalue weighted by atomic mass is 32.2. The maximum atomic E-state index is 13.7. The fraction of sp³-hybridized carbons (Fsp3) is 0.448. The Morgan fingerprint density at radius 1 is 0.913 bits per heavy atom. The maximum absolute atomic E-state index is 13.7. The molecule has 2 aromatic heterocycles. The minimum atomic E-state index is -1.49. The second-order valence-electron chi connectivity index (χ2n) is 10.7. The van der Waals surface area contributed by atoms with Gasteiger partial charge >= 0.3 is 0 Å². The SMILES string of the molecule is C[C@@H](OC(CO)[C@H](O)[C@H](CO)n1cc(-c2cccc(F)c2)nn1)S[C@@H]1OC(CO)[C@H](O)C(n2cc(-c3cccc(F)c3)nn2)[C@@H]1O. The molecule has 0 saturated carbocycles. The second kappa shape index (κ2) is 15.0. The molecule has 4 aromatic rings. The van der Waals surface area contributed by atoms with E-state index in [-0.39, 0.29) is 0 Å². The minimum Gasteiger partial charge on any atom is -0.394 e. The van der Waals surface area contributed by atoms with Crippen molar-refractivity contribution in [2.45, 2.75) is 60.4 Å². The van der Waals surface area contributed by atoms with Gasteiger partial charge in [-0.05, 0) is 31.2 Å². The van der Waals surface area contributed by atoms with Gasteiger partial charge in [-0.15, -0.1) is 10.2 Å². The third kappa shape index (κ3) is 7.43. The zero-order valence-corrected chi connectivity index (χ0v) is 25.3. The van der Waals surface area contributed by atoms with E-state index in [0.717, 1.165) is 11.8 Å². The van der Waals surface area contributed by atoms with Gasteiger partial charge in [0.25, 0.3) is 0 Å². The Hall–Kier alpha value is -3.39. The molecule has 0 spiro atoms. The van der Waals surface area contributed by atoms with Crippen molar-refractivity contribution in [3.63, 3.8) is 0 Å². The number of aliphatic hydroxyl groups is 6. The Balaban J connectivity index is 1.27. The van der Waals surface area contributed by atoms with E-state index in [1.807, 2.05) is 0 Å². The van der Waals surface area contributed by atoms with Crippen LogP contribution >= 0.6 is 11.8 Å². The highest BCUT2D eigenvalue weighted by Gasteiger charge is 2.47. The predicted octanol–water partition coefficient (Wildman–Crippen LogP) is 0.513.